The van der Waals surface area contributed by atoms with E-state index in [-0.39, 0.29) is 18.2 Å². The quantitative estimate of drug-likeness (QED) is 0.742. The zero-order valence-electron chi connectivity index (χ0n) is 12.5. The summed E-state index contributed by atoms with van der Waals surface area (Å²) >= 11 is 1.61. The average Bonchev–Trinajstić information content (AvgIpc) is 3.00. The van der Waals surface area contributed by atoms with Crippen LogP contribution in [0, 0.1) is 11.6 Å². The molecule has 0 radical (unpaired) electrons. The monoisotopic (exact) mass is 334 g/mol. The standard InChI is InChI=1S/C17H16F2N2OS/c1-10(11-7-16-14(21-8-11)5-6-23-16)20-9-15(22)17-12(18)3-2-4-13(17)19/h2-8,10,15,20,22H,9H2,1H3. The lowest BCUT2D eigenvalue weighted by molar-refractivity contribution is 0.161. The van der Waals surface area contributed by atoms with Gasteiger partial charge in [0, 0.05) is 18.8 Å². The molecule has 6 heteroatoms. The van der Waals surface area contributed by atoms with Crippen LogP contribution >= 0.6 is 11.3 Å². The Bertz CT molecular complexity index is 801. The molecular weight excluding hydrogens is 318 g/mol. The average molecular weight is 334 g/mol. The van der Waals surface area contributed by atoms with Crippen LogP contribution < -0.4 is 5.32 Å². The van der Waals surface area contributed by atoms with Crippen LogP contribution in [-0.4, -0.2) is 16.6 Å². The van der Waals surface area contributed by atoms with Crippen LogP contribution in [0.5, 0.6) is 0 Å². The molecule has 0 aliphatic carbocycles. The van der Waals surface area contributed by atoms with E-state index in [0.717, 1.165) is 27.9 Å². The Labute approximate surface area is 136 Å². The van der Waals surface area contributed by atoms with Crippen LogP contribution in [0.4, 0.5) is 8.78 Å². The number of pyridine rings is 1. The van der Waals surface area contributed by atoms with E-state index in [0.29, 0.717) is 0 Å². The number of nitrogens with one attached hydrogen (secondary N) is 1. The van der Waals surface area contributed by atoms with Gasteiger partial charge in [0.1, 0.15) is 11.6 Å². The number of fused-ring (bicyclic) bond motifs is 1. The summed E-state index contributed by atoms with van der Waals surface area (Å²) in [5.41, 5.74) is 1.60. The number of aliphatic hydroxyl groups excluding tert-OH is 1. The molecule has 1 aromatic carbocycles. The Morgan fingerprint density at radius 2 is 2.00 bits per heavy atom. The molecule has 0 amide bonds. The van der Waals surface area contributed by atoms with Crippen molar-refractivity contribution in [3.8, 4) is 0 Å². The molecule has 0 bridgehead atoms. The maximum atomic E-state index is 13.7. The number of nitrogens with zero attached hydrogens (tertiary/aromatic N) is 1. The van der Waals surface area contributed by atoms with Gasteiger partial charge < -0.3 is 10.4 Å². The molecule has 3 rings (SSSR count). The van der Waals surface area contributed by atoms with Crippen LogP contribution in [-0.2, 0) is 0 Å². The second-order valence-electron chi connectivity index (χ2n) is 5.35. The number of rotatable bonds is 5. The van der Waals surface area contributed by atoms with E-state index in [1.54, 1.807) is 17.5 Å². The lowest BCUT2D eigenvalue weighted by Crippen LogP contribution is -2.25. The van der Waals surface area contributed by atoms with Gasteiger partial charge in [-0.3, -0.25) is 4.98 Å². The van der Waals surface area contributed by atoms with Crippen molar-refractivity contribution < 1.29 is 13.9 Å². The number of aromatic nitrogens is 1. The van der Waals surface area contributed by atoms with Gasteiger partial charge in [0.05, 0.1) is 21.9 Å². The summed E-state index contributed by atoms with van der Waals surface area (Å²) in [4.78, 5) is 4.36. The third kappa shape index (κ3) is 3.39. The predicted octanol–water partition coefficient (Wildman–Crippen LogP) is 3.96. The highest BCUT2D eigenvalue weighted by Crippen LogP contribution is 2.24. The van der Waals surface area contributed by atoms with Crippen LogP contribution in [0.1, 0.15) is 30.2 Å². The van der Waals surface area contributed by atoms with Crippen LogP contribution in [0.25, 0.3) is 10.2 Å². The van der Waals surface area contributed by atoms with Crippen molar-refractivity contribution in [2.24, 2.45) is 0 Å². The van der Waals surface area contributed by atoms with E-state index >= 15 is 0 Å². The maximum absolute atomic E-state index is 13.7. The van der Waals surface area contributed by atoms with E-state index in [1.807, 2.05) is 24.4 Å². The van der Waals surface area contributed by atoms with Crippen molar-refractivity contribution in [1.29, 1.82) is 0 Å². The fraction of sp³-hybridized carbons (Fsp3) is 0.235. The third-order valence-corrected chi connectivity index (χ3v) is 4.63. The summed E-state index contributed by atoms with van der Waals surface area (Å²) in [7, 11) is 0. The summed E-state index contributed by atoms with van der Waals surface area (Å²) in [6.07, 6.45) is 0.514. The van der Waals surface area contributed by atoms with Crippen LogP contribution in [0.2, 0.25) is 0 Å². The van der Waals surface area contributed by atoms with Crippen molar-refractivity contribution in [2.75, 3.05) is 6.54 Å². The largest absolute Gasteiger partial charge is 0.387 e. The number of halogens is 2. The lowest BCUT2D eigenvalue weighted by Gasteiger charge is -2.18. The van der Waals surface area contributed by atoms with E-state index in [1.165, 1.54) is 6.07 Å². The topological polar surface area (TPSA) is 45.1 Å². The third-order valence-electron chi connectivity index (χ3n) is 3.77. The normalized spacial score (nSPS) is 14.1. The molecule has 3 aromatic rings. The summed E-state index contributed by atoms with van der Waals surface area (Å²) in [6.45, 7) is 1.96. The molecule has 3 nitrogen and oxygen atoms in total. The summed E-state index contributed by atoms with van der Waals surface area (Å²) < 4.78 is 28.4. The molecule has 2 heterocycles. The van der Waals surface area contributed by atoms with Crippen molar-refractivity contribution >= 4 is 21.6 Å². The molecule has 0 aliphatic heterocycles. The van der Waals surface area contributed by atoms with Gasteiger partial charge in [0.25, 0.3) is 0 Å². The minimum Gasteiger partial charge on any atom is -0.387 e. The Morgan fingerprint density at radius 1 is 1.26 bits per heavy atom. The number of thiophene rings is 1. The predicted molar refractivity (Wildman–Crippen MR) is 87.4 cm³/mol. The van der Waals surface area contributed by atoms with Crippen LogP contribution in [0.3, 0.4) is 0 Å². The molecule has 2 aromatic heterocycles. The highest BCUT2D eigenvalue weighted by atomic mass is 32.1. The van der Waals surface area contributed by atoms with Crippen molar-refractivity contribution in [1.82, 2.24) is 10.3 Å². The van der Waals surface area contributed by atoms with Gasteiger partial charge in [0.2, 0.25) is 0 Å². The first-order valence-electron chi connectivity index (χ1n) is 7.25. The van der Waals surface area contributed by atoms with E-state index in [9.17, 15) is 13.9 Å². The Balaban J connectivity index is 1.69. The first-order valence-corrected chi connectivity index (χ1v) is 8.12. The Kier molecular flexibility index (Phi) is 4.66. The van der Waals surface area contributed by atoms with E-state index in [4.69, 9.17) is 0 Å². The highest BCUT2D eigenvalue weighted by Gasteiger charge is 2.18. The van der Waals surface area contributed by atoms with Crippen molar-refractivity contribution in [3.63, 3.8) is 0 Å². The van der Waals surface area contributed by atoms with Crippen molar-refractivity contribution in [3.05, 3.63) is 64.7 Å². The molecule has 0 spiro atoms. The zero-order chi connectivity index (χ0) is 16.4. The SMILES string of the molecule is CC(NCC(O)c1c(F)cccc1F)c1cnc2ccsc2c1. The van der Waals surface area contributed by atoms with Gasteiger partial charge in [-0.1, -0.05) is 6.07 Å². The molecule has 0 saturated carbocycles. The molecule has 2 unspecified atom stereocenters. The smallest absolute Gasteiger partial charge is 0.131 e. The number of hydrogen-bond acceptors (Lipinski definition) is 4. The first kappa shape index (κ1) is 16.0. The molecule has 0 aliphatic rings. The van der Waals surface area contributed by atoms with E-state index in [2.05, 4.69) is 10.3 Å². The minimum atomic E-state index is -1.25. The minimum absolute atomic E-state index is 0.0432. The highest BCUT2D eigenvalue weighted by molar-refractivity contribution is 7.17. The Morgan fingerprint density at radius 3 is 2.74 bits per heavy atom. The molecule has 2 atom stereocenters. The molecule has 120 valence electrons. The second kappa shape index (κ2) is 6.70. The van der Waals surface area contributed by atoms with Gasteiger partial charge in [-0.2, -0.15) is 0 Å². The lowest BCUT2D eigenvalue weighted by atomic mass is 10.1. The number of benzene rings is 1. The number of aliphatic hydroxyl groups is 1. The Hall–Kier alpha value is -1.89. The van der Waals surface area contributed by atoms with E-state index < -0.39 is 17.7 Å². The van der Waals surface area contributed by atoms with Gasteiger partial charge in [0.15, 0.2) is 0 Å². The molecule has 0 fully saturated rings. The number of hydrogen-bond donors (Lipinski definition) is 2. The fourth-order valence-electron chi connectivity index (χ4n) is 2.44. The van der Waals surface area contributed by atoms with Gasteiger partial charge in [-0.15, -0.1) is 11.3 Å². The summed E-state index contributed by atoms with van der Waals surface area (Å²) in [6, 6.07) is 7.43. The summed E-state index contributed by atoms with van der Waals surface area (Å²) in [5.74, 6) is -1.48. The van der Waals surface area contributed by atoms with Gasteiger partial charge in [-0.25, -0.2) is 8.78 Å². The maximum Gasteiger partial charge on any atom is 0.131 e. The van der Waals surface area contributed by atoms with Gasteiger partial charge in [-0.05, 0) is 42.1 Å². The summed E-state index contributed by atoms with van der Waals surface area (Å²) in [5, 5.41) is 15.1. The molecule has 23 heavy (non-hydrogen) atoms. The fourth-order valence-corrected chi connectivity index (χ4v) is 3.22. The van der Waals surface area contributed by atoms with Crippen LogP contribution in [0.15, 0.2) is 41.9 Å². The second-order valence-corrected chi connectivity index (χ2v) is 6.30. The molecular formula is C17H16F2N2OS. The first-order chi connectivity index (χ1) is 11.1. The van der Waals surface area contributed by atoms with Gasteiger partial charge >= 0.3 is 0 Å². The molecule has 0 saturated heterocycles. The van der Waals surface area contributed by atoms with Crippen molar-refractivity contribution in [2.45, 2.75) is 19.1 Å². The molecule has 2 N–H and O–H groups in total. The zero-order valence-corrected chi connectivity index (χ0v) is 13.3.